The van der Waals surface area contributed by atoms with Gasteiger partial charge in [0.1, 0.15) is 5.75 Å². The van der Waals surface area contributed by atoms with Crippen molar-refractivity contribution >= 4 is 22.2 Å². The molecule has 0 unspecified atom stereocenters. The van der Waals surface area contributed by atoms with Crippen LogP contribution in [-0.4, -0.2) is 12.1 Å². The quantitative estimate of drug-likeness (QED) is 0.459. The molecule has 1 heterocycles. The molecule has 4 aromatic rings. The number of thiazole rings is 1. The number of aromatic nitrogens is 1. The van der Waals surface area contributed by atoms with Gasteiger partial charge in [0.25, 0.3) is 0 Å². The van der Waals surface area contributed by atoms with Gasteiger partial charge in [0.15, 0.2) is 5.13 Å². The van der Waals surface area contributed by atoms with Crippen molar-refractivity contribution in [2.45, 2.75) is 0 Å². The molecule has 0 aliphatic heterocycles. The smallest absolute Gasteiger partial charge is 0.187 e. The second kappa shape index (κ2) is 7.42. The van der Waals surface area contributed by atoms with E-state index in [-0.39, 0.29) is 0 Å². The van der Waals surface area contributed by atoms with E-state index in [9.17, 15) is 0 Å². The molecule has 0 fully saturated rings. The average Bonchev–Trinajstić information content (AvgIpc) is 3.17. The number of nitrogens with one attached hydrogen (secondary N) is 1. The highest BCUT2D eigenvalue weighted by Gasteiger charge is 2.06. The molecule has 0 atom stereocenters. The Labute approximate surface area is 156 Å². The van der Waals surface area contributed by atoms with Gasteiger partial charge in [0.2, 0.25) is 0 Å². The van der Waals surface area contributed by atoms with Gasteiger partial charge in [-0.05, 0) is 23.3 Å². The maximum Gasteiger partial charge on any atom is 0.187 e. The average molecular weight is 358 g/mol. The lowest BCUT2D eigenvalue weighted by Crippen LogP contribution is -1.90. The minimum atomic E-state index is 0.822. The largest absolute Gasteiger partial charge is 0.497 e. The predicted octanol–water partition coefficient (Wildman–Crippen LogP) is 6.23. The fourth-order valence-electron chi connectivity index (χ4n) is 2.75. The molecule has 0 spiro atoms. The van der Waals surface area contributed by atoms with Crippen molar-refractivity contribution in [3.8, 4) is 28.1 Å². The van der Waals surface area contributed by atoms with E-state index in [0.29, 0.717) is 0 Å². The molecule has 0 radical (unpaired) electrons. The van der Waals surface area contributed by atoms with E-state index in [1.807, 2.05) is 30.3 Å². The third kappa shape index (κ3) is 3.60. The van der Waals surface area contributed by atoms with Crippen LogP contribution in [0.5, 0.6) is 5.75 Å². The van der Waals surface area contributed by atoms with E-state index < -0.39 is 0 Å². The van der Waals surface area contributed by atoms with Crippen molar-refractivity contribution in [1.29, 1.82) is 0 Å². The monoisotopic (exact) mass is 358 g/mol. The molecule has 4 rings (SSSR count). The number of ether oxygens (including phenoxy) is 1. The number of methoxy groups -OCH3 is 1. The number of nitrogens with zero attached hydrogens (tertiary/aromatic N) is 1. The number of benzene rings is 3. The van der Waals surface area contributed by atoms with Gasteiger partial charge in [0.05, 0.1) is 12.8 Å². The lowest BCUT2D eigenvalue weighted by atomic mass is 10.0. The van der Waals surface area contributed by atoms with Crippen LogP contribution in [0.15, 0.2) is 84.2 Å². The van der Waals surface area contributed by atoms with Gasteiger partial charge in [-0.25, -0.2) is 4.98 Å². The van der Waals surface area contributed by atoms with Crippen molar-refractivity contribution in [2.75, 3.05) is 12.4 Å². The molecule has 0 saturated carbocycles. The summed E-state index contributed by atoms with van der Waals surface area (Å²) in [6.07, 6.45) is 0. The van der Waals surface area contributed by atoms with Gasteiger partial charge in [-0.2, -0.15) is 0 Å². The highest BCUT2D eigenvalue weighted by atomic mass is 32.1. The second-order valence-electron chi connectivity index (χ2n) is 5.84. The Bertz CT molecular complexity index is 994. The number of rotatable bonds is 5. The van der Waals surface area contributed by atoms with Gasteiger partial charge in [-0.3, -0.25) is 0 Å². The van der Waals surface area contributed by atoms with Crippen LogP contribution in [0, 0.1) is 0 Å². The molecule has 0 aliphatic rings. The molecule has 1 aromatic heterocycles. The summed E-state index contributed by atoms with van der Waals surface area (Å²) >= 11 is 1.59. The molecule has 128 valence electrons. The summed E-state index contributed by atoms with van der Waals surface area (Å²) < 4.78 is 5.26. The fraction of sp³-hybridized carbons (Fsp3) is 0.0455. The third-order valence-electron chi connectivity index (χ3n) is 4.11. The van der Waals surface area contributed by atoms with Gasteiger partial charge < -0.3 is 10.1 Å². The van der Waals surface area contributed by atoms with Crippen molar-refractivity contribution in [2.24, 2.45) is 0 Å². The lowest BCUT2D eigenvalue weighted by molar-refractivity contribution is 0.415. The van der Waals surface area contributed by atoms with E-state index >= 15 is 0 Å². The van der Waals surface area contributed by atoms with Crippen LogP contribution < -0.4 is 10.1 Å². The molecule has 3 nitrogen and oxygen atoms in total. The third-order valence-corrected chi connectivity index (χ3v) is 4.87. The van der Waals surface area contributed by atoms with Crippen molar-refractivity contribution in [1.82, 2.24) is 4.98 Å². The molecule has 26 heavy (non-hydrogen) atoms. The second-order valence-corrected chi connectivity index (χ2v) is 6.70. The first-order chi connectivity index (χ1) is 12.8. The summed E-state index contributed by atoms with van der Waals surface area (Å²) in [7, 11) is 1.67. The molecule has 0 aliphatic carbocycles. The van der Waals surface area contributed by atoms with Crippen molar-refractivity contribution in [3.63, 3.8) is 0 Å². The first-order valence-electron chi connectivity index (χ1n) is 8.34. The zero-order chi connectivity index (χ0) is 17.8. The maximum absolute atomic E-state index is 5.26. The Kier molecular flexibility index (Phi) is 4.67. The molecule has 1 N–H and O–H groups in total. The van der Waals surface area contributed by atoms with Gasteiger partial charge >= 0.3 is 0 Å². The topological polar surface area (TPSA) is 34.1 Å². The van der Waals surface area contributed by atoms with Gasteiger partial charge in [-0.15, -0.1) is 11.3 Å². The number of hydrogen-bond donors (Lipinski definition) is 1. The van der Waals surface area contributed by atoms with E-state index in [1.54, 1.807) is 18.4 Å². The van der Waals surface area contributed by atoms with E-state index in [2.05, 4.69) is 59.2 Å². The summed E-state index contributed by atoms with van der Waals surface area (Å²) in [5.74, 6) is 0.822. The van der Waals surface area contributed by atoms with Gasteiger partial charge in [0, 0.05) is 22.7 Å². The van der Waals surface area contributed by atoms with Crippen LogP contribution in [0.2, 0.25) is 0 Å². The minimum Gasteiger partial charge on any atom is -0.497 e. The van der Waals surface area contributed by atoms with Crippen LogP contribution >= 0.6 is 11.3 Å². The maximum atomic E-state index is 5.26. The zero-order valence-electron chi connectivity index (χ0n) is 14.3. The summed E-state index contributed by atoms with van der Waals surface area (Å²) in [6, 6.07) is 26.7. The summed E-state index contributed by atoms with van der Waals surface area (Å²) in [6.45, 7) is 0. The van der Waals surface area contributed by atoms with E-state index in [0.717, 1.165) is 27.8 Å². The molecule has 0 bridgehead atoms. The van der Waals surface area contributed by atoms with Crippen molar-refractivity contribution < 1.29 is 4.74 Å². The summed E-state index contributed by atoms with van der Waals surface area (Å²) in [5, 5.41) is 6.26. The molecular weight excluding hydrogens is 340 g/mol. The Morgan fingerprint density at radius 2 is 1.54 bits per heavy atom. The Morgan fingerprint density at radius 1 is 0.808 bits per heavy atom. The summed E-state index contributed by atoms with van der Waals surface area (Å²) in [4.78, 5) is 4.70. The first-order valence-corrected chi connectivity index (χ1v) is 9.22. The molecular formula is C22H18N2OS. The van der Waals surface area contributed by atoms with Crippen LogP contribution in [0.25, 0.3) is 22.4 Å². The van der Waals surface area contributed by atoms with Crippen LogP contribution in [-0.2, 0) is 0 Å². The highest BCUT2D eigenvalue weighted by Crippen LogP contribution is 2.29. The van der Waals surface area contributed by atoms with Crippen LogP contribution in [0.1, 0.15) is 0 Å². The Morgan fingerprint density at radius 3 is 2.31 bits per heavy atom. The van der Waals surface area contributed by atoms with Gasteiger partial charge in [-0.1, -0.05) is 60.7 Å². The fourth-order valence-corrected chi connectivity index (χ4v) is 3.49. The van der Waals surface area contributed by atoms with Crippen LogP contribution in [0.3, 0.4) is 0 Å². The molecule has 4 heteroatoms. The normalized spacial score (nSPS) is 10.5. The SMILES string of the molecule is COc1cccc(Nc2nc(-c3ccc(-c4ccccc4)cc3)cs2)c1. The zero-order valence-corrected chi connectivity index (χ0v) is 15.2. The standard InChI is InChI=1S/C22H18N2OS/c1-25-20-9-5-8-19(14-20)23-22-24-21(15-26-22)18-12-10-17(11-13-18)16-6-3-2-4-7-16/h2-15H,1H3,(H,23,24). The van der Waals surface area contributed by atoms with Crippen LogP contribution in [0.4, 0.5) is 10.8 Å². The molecule has 3 aromatic carbocycles. The van der Waals surface area contributed by atoms with E-state index in [1.165, 1.54) is 11.1 Å². The van der Waals surface area contributed by atoms with E-state index in [4.69, 9.17) is 9.72 Å². The van der Waals surface area contributed by atoms with Crippen molar-refractivity contribution in [3.05, 3.63) is 84.2 Å². The lowest BCUT2D eigenvalue weighted by Gasteiger charge is -2.05. The number of hydrogen-bond acceptors (Lipinski definition) is 4. The molecule has 0 amide bonds. The minimum absolute atomic E-state index is 0.822. The first kappa shape index (κ1) is 16.4. The Balaban J connectivity index is 1.52. The Hall–Kier alpha value is -3.11. The molecule has 0 saturated heterocycles. The highest BCUT2D eigenvalue weighted by molar-refractivity contribution is 7.14. The number of anilines is 2. The summed E-state index contributed by atoms with van der Waals surface area (Å²) in [5.41, 5.74) is 5.47. The predicted molar refractivity (Wildman–Crippen MR) is 109 cm³/mol.